The summed E-state index contributed by atoms with van der Waals surface area (Å²) >= 11 is 11.8. The number of hydrogen-bond acceptors (Lipinski definition) is 3. The fourth-order valence-electron chi connectivity index (χ4n) is 1.38. The molecule has 1 atom stereocenters. The summed E-state index contributed by atoms with van der Waals surface area (Å²) in [5.74, 6) is 0.195. The van der Waals surface area contributed by atoms with E-state index in [1.165, 1.54) is 0 Å². The maximum Gasteiger partial charge on any atom is 0.260 e. The van der Waals surface area contributed by atoms with E-state index in [1.807, 2.05) is 0 Å². The number of benzene rings is 1. The number of rotatable bonds is 7. The minimum Gasteiger partial charge on any atom is -0.479 e. The minimum atomic E-state index is -0.640. The third-order valence-electron chi connectivity index (χ3n) is 2.39. The van der Waals surface area contributed by atoms with Crippen LogP contribution in [0, 0.1) is 0 Å². The topological polar surface area (TPSA) is 47.6 Å². The van der Waals surface area contributed by atoms with Crippen molar-refractivity contribution in [3.8, 4) is 5.75 Å². The zero-order valence-corrected chi connectivity index (χ0v) is 12.4. The van der Waals surface area contributed by atoms with E-state index in [0.29, 0.717) is 28.9 Å². The lowest BCUT2D eigenvalue weighted by Crippen LogP contribution is -2.37. The molecule has 1 unspecified atom stereocenters. The molecule has 1 aromatic rings. The average Bonchev–Trinajstić information content (AvgIpc) is 2.38. The fourth-order valence-corrected chi connectivity index (χ4v) is 1.71. The number of ether oxygens (including phenoxy) is 2. The second-order valence-corrected chi connectivity index (χ2v) is 4.82. The van der Waals surface area contributed by atoms with Crippen LogP contribution in [-0.2, 0) is 9.53 Å². The molecule has 0 aliphatic heterocycles. The first-order chi connectivity index (χ1) is 9.04. The number of nitrogens with one attached hydrogen (secondary N) is 1. The monoisotopic (exact) mass is 305 g/mol. The molecule has 106 valence electrons. The fraction of sp³-hybridized carbons (Fsp3) is 0.462. The van der Waals surface area contributed by atoms with Gasteiger partial charge in [-0.25, -0.2) is 0 Å². The molecule has 0 saturated heterocycles. The summed E-state index contributed by atoms with van der Waals surface area (Å²) in [6.45, 7) is 2.81. The summed E-state index contributed by atoms with van der Waals surface area (Å²) < 4.78 is 10.4. The Morgan fingerprint density at radius 3 is 2.84 bits per heavy atom. The van der Waals surface area contributed by atoms with E-state index in [9.17, 15) is 4.79 Å². The highest BCUT2D eigenvalue weighted by Crippen LogP contribution is 2.28. The maximum atomic E-state index is 11.8. The molecule has 0 aliphatic rings. The van der Waals surface area contributed by atoms with Crippen molar-refractivity contribution in [3.05, 3.63) is 28.2 Å². The van der Waals surface area contributed by atoms with Crippen LogP contribution in [0.2, 0.25) is 10.0 Å². The highest BCUT2D eigenvalue weighted by Gasteiger charge is 2.15. The Hall–Kier alpha value is -0.970. The number of hydrogen-bond donors (Lipinski definition) is 1. The van der Waals surface area contributed by atoms with Gasteiger partial charge in [0.2, 0.25) is 0 Å². The Morgan fingerprint density at radius 1 is 1.42 bits per heavy atom. The second kappa shape index (κ2) is 8.25. The standard InChI is InChI=1S/C13H17Cl2NO3/c1-9(13(17)16-6-3-7-18-2)19-12-8-10(14)4-5-11(12)15/h4-5,8-9H,3,6-7H2,1-2H3,(H,16,17). The van der Waals surface area contributed by atoms with Gasteiger partial charge in [-0.15, -0.1) is 0 Å². The number of carbonyl (C=O) groups excluding carboxylic acids is 1. The molecule has 1 rings (SSSR count). The van der Waals surface area contributed by atoms with E-state index in [2.05, 4.69) is 5.32 Å². The minimum absolute atomic E-state index is 0.202. The van der Waals surface area contributed by atoms with Gasteiger partial charge in [0.1, 0.15) is 5.75 Å². The van der Waals surface area contributed by atoms with Gasteiger partial charge in [0.25, 0.3) is 5.91 Å². The van der Waals surface area contributed by atoms with Gasteiger partial charge in [-0.05, 0) is 25.5 Å². The van der Waals surface area contributed by atoms with Gasteiger partial charge in [0.05, 0.1) is 5.02 Å². The van der Waals surface area contributed by atoms with Crippen molar-refractivity contribution in [1.29, 1.82) is 0 Å². The van der Waals surface area contributed by atoms with E-state index in [0.717, 1.165) is 6.42 Å². The van der Waals surface area contributed by atoms with Gasteiger partial charge in [-0.1, -0.05) is 23.2 Å². The molecule has 0 aliphatic carbocycles. The molecule has 0 heterocycles. The molecule has 1 amide bonds. The summed E-state index contributed by atoms with van der Waals surface area (Å²) in [6, 6.07) is 4.87. The van der Waals surface area contributed by atoms with Crippen LogP contribution in [0.25, 0.3) is 0 Å². The van der Waals surface area contributed by atoms with Crippen molar-refractivity contribution >= 4 is 29.1 Å². The molecule has 0 fully saturated rings. The lowest BCUT2D eigenvalue weighted by molar-refractivity contribution is -0.127. The van der Waals surface area contributed by atoms with Crippen LogP contribution in [0.5, 0.6) is 5.75 Å². The molecule has 0 aromatic heterocycles. The zero-order chi connectivity index (χ0) is 14.3. The van der Waals surface area contributed by atoms with E-state index >= 15 is 0 Å². The Morgan fingerprint density at radius 2 is 2.16 bits per heavy atom. The molecule has 4 nitrogen and oxygen atoms in total. The van der Waals surface area contributed by atoms with Crippen molar-refractivity contribution in [2.24, 2.45) is 0 Å². The van der Waals surface area contributed by atoms with Gasteiger partial charge >= 0.3 is 0 Å². The van der Waals surface area contributed by atoms with Crippen LogP contribution >= 0.6 is 23.2 Å². The summed E-state index contributed by atoms with van der Waals surface area (Å²) in [5, 5.41) is 3.68. The normalized spacial score (nSPS) is 12.0. The van der Waals surface area contributed by atoms with Gasteiger partial charge in [0.15, 0.2) is 6.10 Å². The quantitative estimate of drug-likeness (QED) is 0.788. The largest absolute Gasteiger partial charge is 0.479 e. The van der Waals surface area contributed by atoms with E-state index in [-0.39, 0.29) is 5.91 Å². The molecule has 6 heteroatoms. The number of carbonyl (C=O) groups is 1. The van der Waals surface area contributed by atoms with Gasteiger partial charge in [0, 0.05) is 31.4 Å². The molecule has 0 spiro atoms. The number of methoxy groups -OCH3 is 1. The number of halogens is 2. The first-order valence-corrected chi connectivity index (χ1v) is 6.68. The smallest absolute Gasteiger partial charge is 0.260 e. The van der Waals surface area contributed by atoms with Crippen molar-refractivity contribution in [1.82, 2.24) is 5.32 Å². The molecule has 0 bridgehead atoms. The average molecular weight is 306 g/mol. The summed E-state index contributed by atoms with van der Waals surface area (Å²) in [6.07, 6.45) is 0.117. The maximum absolute atomic E-state index is 11.8. The van der Waals surface area contributed by atoms with Gasteiger partial charge < -0.3 is 14.8 Å². The Balaban J connectivity index is 2.47. The van der Waals surface area contributed by atoms with Crippen LogP contribution in [0.3, 0.4) is 0 Å². The lowest BCUT2D eigenvalue weighted by Gasteiger charge is -2.15. The molecule has 1 N–H and O–H groups in total. The van der Waals surface area contributed by atoms with Gasteiger partial charge in [-0.3, -0.25) is 4.79 Å². The van der Waals surface area contributed by atoms with Crippen molar-refractivity contribution in [2.45, 2.75) is 19.4 Å². The predicted octanol–water partition coefficient (Wildman–Crippen LogP) is 2.91. The third kappa shape index (κ3) is 5.68. The van der Waals surface area contributed by atoms with Crippen LogP contribution in [0.15, 0.2) is 18.2 Å². The van der Waals surface area contributed by atoms with Crippen molar-refractivity contribution < 1.29 is 14.3 Å². The highest BCUT2D eigenvalue weighted by atomic mass is 35.5. The molecule has 19 heavy (non-hydrogen) atoms. The van der Waals surface area contributed by atoms with Crippen LogP contribution < -0.4 is 10.1 Å². The molecule has 1 aromatic carbocycles. The first kappa shape index (κ1) is 16.1. The Bertz CT molecular complexity index is 426. The van der Waals surface area contributed by atoms with Crippen LogP contribution in [0.1, 0.15) is 13.3 Å². The van der Waals surface area contributed by atoms with E-state index in [1.54, 1.807) is 32.2 Å². The van der Waals surface area contributed by atoms with Crippen LogP contribution in [0.4, 0.5) is 0 Å². The highest BCUT2D eigenvalue weighted by molar-refractivity contribution is 6.34. The van der Waals surface area contributed by atoms with Crippen molar-refractivity contribution in [3.63, 3.8) is 0 Å². The van der Waals surface area contributed by atoms with E-state index in [4.69, 9.17) is 32.7 Å². The SMILES string of the molecule is COCCCNC(=O)C(C)Oc1cc(Cl)ccc1Cl. The summed E-state index contributed by atoms with van der Waals surface area (Å²) in [5.41, 5.74) is 0. The first-order valence-electron chi connectivity index (χ1n) is 5.93. The molecule has 0 saturated carbocycles. The third-order valence-corrected chi connectivity index (χ3v) is 2.94. The van der Waals surface area contributed by atoms with E-state index < -0.39 is 6.10 Å². The van der Waals surface area contributed by atoms with Crippen LogP contribution in [-0.4, -0.2) is 32.3 Å². The molecular formula is C13H17Cl2NO3. The van der Waals surface area contributed by atoms with Gasteiger partial charge in [-0.2, -0.15) is 0 Å². The van der Waals surface area contributed by atoms with Crippen molar-refractivity contribution in [2.75, 3.05) is 20.3 Å². The summed E-state index contributed by atoms with van der Waals surface area (Å²) in [7, 11) is 1.62. The predicted molar refractivity (Wildman–Crippen MR) is 76.1 cm³/mol. The number of amides is 1. The molecule has 0 radical (unpaired) electrons. The Kier molecular flexibility index (Phi) is 6.99. The molecular weight excluding hydrogens is 289 g/mol. The Labute approximate surface area is 123 Å². The lowest BCUT2D eigenvalue weighted by atomic mass is 10.3. The zero-order valence-electron chi connectivity index (χ0n) is 10.9. The second-order valence-electron chi connectivity index (χ2n) is 3.97. The summed E-state index contributed by atoms with van der Waals surface area (Å²) in [4.78, 5) is 11.8.